The van der Waals surface area contributed by atoms with Crippen molar-refractivity contribution in [2.24, 2.45) is 0 Å². The monoisotopic (exact) mass is 286 g/mol. The lowest BCUT2D eigenvalue weighted by Crippen LogP contribution is -2.24. The van der Waals surface area contributed by atoms with E-state index < -0.39 is 11.2 Å². The fourth-order valence-corrected chi connectivity index (χ4v) is 1.62. The van der Waals surface area contributed by atoms with Crippen LogP contribution in [0.2, 0.25) is 0 Å². The van der Waals surface area contributed by atoms with E-state index in [1.165, 1.54) is 40.6 Å². The first-order valence-electron chi connectivity index (χ1n) is 5.77. The highest BCUT2D eigenvalue weighted by Gasteiger charge is 2.20. The lowest BCUT2D eigenvalue weighted by molar-refractivity contribution is -0.384. The van der Waals surface area contributed by atoms with Crippen LogP contribution >= 0.6 is 0 Å². The third-order valence-electron chi connectivity index (χ3n) is 2.68. The van der Waals surface area contributed by atoms with E-state index in [-0.39, 0.29) is 12.2 Å². The number of nitrogens with one attached hydrogen (secondary N) is 1. The van der Waals surface area contributed by atoms with Gasteiger partial charge in [0.25, 0.3) is 5.69 Å². The van der Waals surface area contributed by atoms with Crippen molar-refractivity contribution in [1.29, 1.82) is 0 Å². The highest BCUT2D eigenvalue weighted by atomic mass is 16.7. The minimum Gasteiger partial charge on any atom is -0.493 e. The van der Waals surface area contributed by atoms with Crippen molar-refractivity contribution in [3.8, 4) is 11.5 Å². The van der Waals surface area contributed by atoms with Crippen molar-refractivity contribution in [2.45, 2.75) is 6.29 Å². The summed E-state index contributed by atoms with van der Waals surface area (Å²) < 4.78 is 20.2. The molecule has 0 heterocycles. The normalized spacial score (nSPS) is 10.4. The topological polar surface area (TPSA) is 92.1 Å². The second kappa shape index (κ2) is 7.51. The summed E-state index contributed by atoms with van der Waals surface area (Å²) in [4.78, 5) is 10.6. The Bertz CT molecular complexity index is 462. The van der Waals surface area contributed by atoms with Crippen LogP contribution in [0.4, 0.5) is 11.4 Å². The van der Waals surface area contributed by atoms with Gasteiger partial charge in [-0.2, -0.15) is 0 Å². The van der Waals surface area contributed by atoms with Crippen molar-refractivity contribution in [3.05, 3.63) is 22.2 Å². The number of nitrogens with zero attached hydrogens (tertiary/aromatic N) is 1. The Morgan fingerprint density at radius 1 is 1.15 bits per heavy atom. The van der Waals surface area contributed by atoms with Gasteiger partial charge in [-0.25, -0.2) is 0 Å². The van der Waals surface area contributed by atoms with Gasteiger partial charge in [-0.15, -0.1) is 0 Å². The zero-order valence-electron chi connectivity index (χ0n) is 11.8. The second-order valence-electron chi connectivity index (χ2n) is 3.76. The van der Waals surface area contributed by atoms with Crippen LogP contribution in [0.5, 0.6) is 11.5 Å². The molecule has 0 aliphatic carbocycles. The maximum Gasteiger partial charge on any atom is 0.296 e. The molecular formula is C12H18N2O6. The summed E-state index contributed by atoms with van der Waals surface area (Å²) in [5.41, 5.74) is 0.181. The summed E-state index contributed by atoms with van der Waals surface area (Å²) in [5.74, 6) is 0.687. The van der Waals surface area contributed by atoms with Gasteiger partial charge in [0.05, 0.1) is 31.8 Å². The Balaban J connectivity index is 3.06. The summed E-state index contributed by atoms with van der Waals surface area (Å²) in [6.07, 6.45) is -0.511. The molecule has 0 radical (unpaired) electrons. The van der Waals surface area contributed by atoms with Crippen molar-refractivity contribution in [3.63, 3.8) is 0 Å². The molecule has 20 heavy (non-hydrogen) atoms. The van der Waals surface area contributed by atoms with Crippen LogP contribution in [0.1, 0.15) is 0 Å². The largest absolute Gasteiger partial charge is 0.493 e. The number of nitro groups is 1. The SMILES string of the molecule is COc1cc(NCC(OC)OC)c([N+](=O)[O-])cc1OC. The lowest BCUT2D eigenvalue weighted by Gasteiger charge is -2.16. The summed E-state index contributed by atoms with van der Waals surface area (Å²) in [7, 11) is 5.85. The van der Waals surface area contributed by atoms with E-state index in [2.05, 4.69) is 5.32 Å². The van der Waals surface area contributed by atoms with Crippen LogP contribution in [-0.2, 0) is 9.47 Å². The molecule has 0 unspecified atom stereocenters. The number of hydrogen-bond acceptors (Lipinski definition) is 7. The number of benzene rings is 1. The number of methoxy groups -OCH3 is 4. The molecule has 1 aromatic carbocycles. The number of nitro benzene ring substituents is 1. The molecule has 0 amide bonds. The lowest BCUT2D eigenvalue weighted by atomic mass is 10.2. The highest BCUT2D eigenvalue weighted by molar-refractivity contribution is 5.68. The molecule has 0 spiro atoms. The fourth-order valence-electron chi connectivity index (χ4n) is 1.62. The molecule has 0 aliphatic heterocycles. The average Bonchev–Trinajstić information content (AvgIpc) is 2.47. The third-order valence-corrected chi connectivity index (χ3v) is 2.68. The van der Waals surface area contributed by atoms with Gasteiger partial charge in [0.2, 0.25) is 0 Å². The van der Waals surface area contributed by atoms with E-state index in [1.807, 2.05) is 0 Å². The van der Waals surface area contributed by atoms with Gasteiger partial charge in [-0.05, 0) is 0 Å². The van der Waals surface area contributed by atoms with Crippen LogP contribution in [0.15, 0.2) is 12.1 Å². The maximum atomic E-state index is 11.1. The van der Waals surface area contributed by atoms with E-state index in [4.69, 9.17) is 18.9 Å². The van der Waals surface area contributed by atoms with Crippen molar-refractivity contribution in [1.82, 2.24) is 0 Å². The predicted octanol–water partition coefficient (Wildman–Crippen LogP) is 1.64. The molecule has 1 aromatic rings. The predicted molar refractivity (Wildman–Crippen MR) is 72.5 cm³/mol. The zero-order valence-corrected chi connectivity index (χ0v) is 11.8. The Labute approximate surface area is 116 Å². The van der Waals surface area contributed by atoms with Gasteiger partial charge in [0.15, 0.2) is 17.8 Å². The van der Waals surface area contributed by atoms with E-state index in [0.29, 0.717) is 17.2 Å². The number of ether oxygens (including phenoxy) is 4. The Morgan fingerprint density at radius 2 is 1.70 bits per heavy atom. The molecule has 0 atom stereocenters. The smallest absolute Gasteiger partial charge is 0.296 e. The second-order valence-corrected chi connectivity index (χ2v) is 3.76. The first kappa shape index (κ1) is 16.0. The Hall–Kier alpha value is -2.06. The maximum absolute atomic E-state index is 11.1. The molecule has 0 bridgehead atoms. The Kier molecular flexibility index (Phi) is 6.01. The summed E-state index contributed by atoms with van der Waals surface area (Å²) in [5, 5.41) is 14.0. The minimum absolute atomic E-state index is 0.117. The van der Waals surface area contributed by atoms with Gasteiger partial charge >= 0.3 is 0 Å². The highest BCUT2D eigenvalue weighted by Crippen LogP contribution is 2.37. The molecular weight excluding hydrogens is 268 g/mol. The minimum atomic E-state index is -0.511. The summed E-state index contributed by atoms with van der Waals surface area (Å²) in [6.45, 7) is 0.253. The zero-order chi connectivity index (χ0) is 15.1. The standard InChI is InChI=1S/C12H18N2O6/c1-17-10-5-8(13-7-12(19-3)20-4)9(14(15)16)6-11(10)18-2/h5-6,12-13H,7H2,1-4H3. The van der Waals surface area contributed by atoms with Gasteiger partial charge in [-0.3, -0.25) is 10.1 Å². The number of hydrogen-bond donors (Lipinski definition) is 1. The first-order valence-corrected chi connectivity index (χ1v) is 5.77. The van der Waals surface area contributed by atoms with Crippen LogP contribution in [0.3, 0.4) is 0 Å². The molecule has 0 fully saturated rings. The van der Waals surface area contributed by atoms with Crippen molar-refractivity contribution in [2.75, 3.05) is 40.3 Å². The van der Waals surface area contributed by atoms with Crippen LogP contribution < -0.4 is 14.8 Å². The molecule has 0 aliphatic rings. The van der Waals surface area contributed by atoms with Gasteiger partial charge in [0.1, 0.15) is 5.69 Å². The van der Waals surface area contributed by atoms with Gasteiger partial charge in [-0.1, -0.05) is 0 Å². The molecule has 0 saturated heterocycles. The van der Waals surface area contributed by atoms with Gasteiger partial charge < -0.3 is 24.3 Å². The number of anilines is 1. The van der Waals surface area contributed by atoms with E-state index >= 15 is 0 Å². The quantitative estimate of drug-likeness (QED) is 0.441. The average molecular weight is 286 g/mol. The molecule has 8 nitrogen and oxygen atoms in total. The summed E-state index contributed by atoms with van der Waals surface area (Å²) in [6, 6.07) is 2.80. The van der Waals surface area contributed by atoms with Crippen molar-refractivity contribution >= 4 is 11.4 Å². The van der Waals surface area contributed by atoms with Crippen LogP contribution in [0.25, 0.3) is 0 Å². The number of rotatable bonds is 8. The molecule has 1 rings (SSSR count). The Morgan fingerprint density at radius 3 is 2.15 bits per heavy atom. The summed E-state index contributed by atoms with van der Waals surface area (Å²) >= 11 is 0. The molecule has 8 heteroatoms. The van der Waals surface area contributed by atoms with E-state index in [0.717, 1.165) is 0 Å². The first-order chi connectivity index (χ1) is 9.57. The van der Waals surface area contributed by atoms with Crippen LogP contribution in [-0.4, -0.2) is 46.2 Å². The third kappa shape index (κ3) is 3.72. The van der Waals surface area contributed by atoms with Gasteiger partial charge in [0, 0.05) is 20.3 Å². The van der Waals surface area contributed by atoms with E-state index in [9.17, 15) is 10.1 Å². The van der Waals surface area contributed by atoms with Crippen LogP contribution in [0, 0.1) is 10.1 Å². The molecule has 1 N–H and O–H groups in total. The fraction of sp³-hybridized carbons (Fsp3) is 0.500. The molecule has 0 aromatic heterocycles. The molecule has 112 valence electrons. The molecule has 0 saturated carbocycles. The van der Waals surface area contributed by atoms with E-state index in [1.54, 1.807) is 0 Å². The van der Waals surface area contributed by atoms with Crippen molar-refractivity contribution < 1.29 is 23.9 Å².